The molecule has 0 unspecified atom stereocenters. The number of hydrogen-bond donors (Lipinski definition) is 4. The van der Waals surface area contributed by atoms with Crippen LogP contribution in [0.1, 0.15) is 28.3 Å². The number of fused-ring (bicyclic) bond motifs is 8. The monoisotopic (exact) mass is 821 g/mol. The molecule has 0 fully saturated rings. The minimum absolute atomic E-state index is 0.242. The minimum atomic E-state index is -0.906. The Morgan fingerprint density at radius 2 is 0.921 bits per heavy atom. The van der Waals surface area contributed by atoms with Crippen LogP contribution >= 0.6 is 0 Å². The number of H-pyrrole nitrogens is 2. The third kappa shape index (κ3) is 8.11. The molecule has 0 amide bonds. The van der Waals surface area contributed by atoms with Crippen LogP contribution in [0, 0.1) is 0 Å². The van der Waals surface area contributed by atoms with E-state index in [1.54, 1.807) is 0 Å². The molecule has 5 heterocycles. The number of para-hydroxylation sites is 1. The molecule has 0 spiro atoms. The van der Waals surface area contributed by atoms with Crippen LogP contribution in [0.25, 0.3) is 90.9 Å². The maximum Gasteiger partial charge on any atom is 0.321 e. The molecule has 2 aliphatic heterocycles. The number of carboxylic acids is 1. The van der Waals surface area contributed by atoms with Gasteiger partial charge >= 0.3 is 5.97 Å². The van der Waals surface area contributed by atoms with E-state index in [2.05, 4.69) is 112 Å². The highest BCUT2D eigenvalue weighted by molar-refractivity contribution is 6.00. The molecule has 306 valence electrons. The lowest BCUT2D eigenvalue weighted by molar-refractivity contribution is -0.139. The molecular weight excluding hydrogens is 779 g/mol. The van der Waals surface area contributed by atoms with Gasteiger partial charge in [0, 0.05) is 56.4 Å². The Morgan fingerprint density at radius 1 is 0.508 bits per heavy atom. The van der Waals surface area contributed by atoms with Crippen LogP contribution in [0.4, 0.5) is 0 Å². The molecule has 3 aromatic heterocycles. The van der Waals surface area contributed by atoms with Crippen LogP contribution in [0.15, 0.2) is 170 Å². The van der Waals surface area contributed by atoms with Gasteiger partial charge in [-0.2, -0.15) is 0 Å². The van der Waals surface area contributed by atoms with Crippen LogP contribution in [0.3, 0.4) is 0 Å². The van der Waals surface area contributed by atoms with Gasteiger partial charge in [-0.05, 0) is 83.3 Å². The number of hydrogen-bond acceptors (Lipinski definition) is 5. The summed E-state index contributed by atoms with van der Waals surface area (Å²) in [7, 11) is 0. The van der Waals surface area contributed by atoms with Gasteiger partial charge in [0.25, 0.3) is 0 Å². The van der Waals surface area contributed by atoms with Crippen molar-refractivity contribution in [2.24, 2.45) is 0 Å². The molecule has 0 saturated heterocycles. The second-order valence-corrected chi connectivity index (χ2v) is 15.5. The quantitative estimate of drug-likeness (QED) is 0.0912. The molecule has 10 rings (SSSR count). The molecule has 0 radical (unpaired) electrons. The zero-order valence-corrected chi connectivity index (χ0v) is 34.3. The van der Waals surface area contributed by atoms with Crippen molar-refractivity contribution in [2.75, 3.05) is 13.2 Å². The lowest BCUT2D eigenvalue weighted by Crippen LogP contribution is -2.40. The first kappa shape index (κ1) is 39.1. The molecule has 0 saturated carbocycles. The van der Waals surface area contributed by atoms with Gasteiger partial charge in [-0.3, -0.25) is 4.79 Å². The fraction of sp³-hybridized carbons (Fsp3) is 0.0727. The number of carboxylic acid groups (broad SMARTS) is 1. The second-order valence-electron chi connectivity index (χ2n) is 15.5. The molecule has 63 heavy (non-hydrogen) atoms. The Kier molecular flexibility index (Phi) is 10.9. The van der Waals surface area contributed by atoms with Crippen molar-refractivity contribution in [1.29, 1.82) is 0 Å². The molecule has 8 aromatic rings. The molecule has 8 heteroatoms. The van der Waals surface area contributed by atoms with Crippen molar-refractivity contribution in [1.82, 2.24) is 25.3 Å². The van der Waals surface area contributed by atoms with Crippen molar-refractivity contribution in [3.8, 4) is 50.3 Å². The maximum absolute atomic E-state index is 12.2. The zero-order chi connectivity index (χ0) is 42.5. The Bertz CT molecular complexity index is 3040. The van der Waals surface area contributed by atoms with Gasteiger partial charge in [-0.15, -0.1) is 0 Å². The van der Waals surface area contributed by atoms with Gasteiger partial charge in [0.2, 0.25) is 0 Å². The number of rotatable bonds is 12. The summed E-state index contributed by atoms with van der Waals surface area (Å²) >= 11 is 0. The normalized spacial score (nSPS) is 12.3. The van der Waals surface area contributed by atoms with Crippen LogP contribution < -0.4 is 10.1 Å². The Labute approximate surface area is 365 Å². The number of benzene rings is 5. The molecule has 2 aliphatic rings. The zero-order valence-electron chi connectivity index (χ0n) is 34.3. The van der Waals surface area contributed by atoms with E-state index in [1.807, 2.05) is 97.1 Å². The molecular formula is C55H43N5O3. The number of aliphatic carboxylic acids is 1. The highest BCUT2D eigenvalue weighted by Gasteiger charge is 2.22. The topological polar surface area (TPSA) is 116 Å². The van der Waals surface area contributed by atoms with Gasteiger partial charge in [0.1, 0.15) is 18.4 Å². The first-order chi connectivity index (χ1) is 31.1. The fourth-order valence-electron chi connectivity index (χ4n) is 8.51. The minimum Gasteiger partial charge on any atom is -0.492 e. The third-order valence-corrected chi connectivity index (χ3v) is 11.4. The average Bonchev–Trinajstić information content (AvgIpc) is 4.18. The first-order valence-corrected chi connectivity index (χ1v) is 21.1. The van der Waals surface area contributed by atoms with Gasteiger partial charge < -0.3 is 25.1 Å². The van der Waals surface area contributed by atoms with E-state index in [0.717, 1.165) is 94.9 Å². The van der Waals surface area contributed by atoms with E-state index in [4.69, 9.17) is 14.7 Å². The van der Waals surface area contributed by atoms with E-state index in [1.165, 1.54) is 0 Å². The second kappa shape index (κ2) is 17.5. The summed E-state index contributed by atoms with van der Waals surface area (Å²) in [5, 5.41) is 13.2. The molecule has 4 N–H and O–H groups in total. The van der Waals surface area contributed by atoms with Crippen molar-refractivity contribution in [3.05, 3.63) is 198 Å². The summed E-state index contributed by atoms with van der Waals surface area (Å²) in [6, 6.07) is 56.5. The van der Waals surface area contributed by atoms with Gasteiger partial charge in [-0.1, -0.05) is 140 Å². The summed E-state index contributed by atoms with van der Waals surface area (Å²) in [6.45, 7) is 0.571. The predicted molar refractivity (Wildman–Crippen MR) is 256 cm³/mol. The fourth-order valence-corrected chi connectivity index (χ4v) is 8.51. The van der Waals surface area contributed by atoms with Crippen LogP contribution in [-0.4, -0.2) is 50.2 Å². The van der Waals surface area contributed by atoms with Gasteiger partial charge in [-0.25, -0.2) is 9.97 Å². The smallest absolute Gasteiger partial charge is 0.321 e. The molecule has 1 atom stereocenters. The van der Waals surface area contributed by atoms with E-state index < -0.39 is 12.0 Å². The summed E-state index contributed by atoms with van der Waals surface area (Å²) in [5.74, 6) is -0.268. The standard InChI is InChI=1S/C55H43N5O3/c61-55(62)49(35-36-15-5-1-6-16-36)56-33-34-63-50-24-14-13-23-40(50)54-47-31-29-45(59-47)52(38-19-9-3-10-20-38)43-27-25-41(57-43)51(37-17-7-2-8-18-37)42-26-28-44(58-42)53(39-21-11-4-12-22-39)46-30-32-48(54)60-46/h1-32,49,56-58H,33-35H2,(H,61,62)/t49-/m0/s1. The third-order valence-electron chi connectivity index (χ3n) is 11.4. The number of aromatic nitrogens is 4. The predicted octanol–water partition coefficient (Wildman–Crippen LogP) is 12.0. The highest BCUT2D eigenvalue weighted by atomic mass is 16.5. The lowest BCUT2D eigenvalue weighted by atomic mass is 10.0. The summed E-state index contributed by atoms with van der Waals surface area (Å²) in [4.78, 5) is 30.7. The van der Waals surface area contributed by atoms with Crippen LogP contribution in [-0.2, 0) is 11.2 Å². The van der Waals surface area contributed by atoms with E-state index in [0.29, 0.717) is 18.7 Å². The van der Waals surface area contributed by atoms with Crippen molar-refractivity contribution < 1.29 is 14.6 Å². The lowest BCUT2D eigenvalue weighted by Gasteiger charge is -2.16. The molecule has 5 aromatic carbocycles. The van der Waals surface area contributed by atoms with Crippen molar-refractivity contribution in [2.45, 2.75) is 12.5 Å². The summed E-state index contributed by atoms with van der Waals surface area (Å²) < 4.78 is 6.52. The first-order valence-electron chi connectivity index (χ1n) is 21.1. The maximum atomic E-state index is 12.2. The largest absolute Gasteiger partial charge is 0.492 e. The van der Waals surface area contributed by atoms with Crippen molar-refractivity contribution >= 4 is 52.3 Å². The van der Waals surface area contributed by atoms with Crippen LogP contribution in [0.2, 0.25) is 0 Å². The number of ether oxygens (including phenoxy) is 1. The van der Waals surface area contributed by atoms with Crippen LogP contribution in [0.5, 0.6) is 5.75 Å². The highest BCUT2D eigenvalue weighted by Crippen LogP contribution is 2.40. The molecule has 8 nitrogen and oxygen atoms in total. The number of carbonyl (C=O) groups is 1. The van der Waals surface area contributed by atoms with E-state index in [9.17, 15) is 9.90 Å². The number of nitrogens with one attached hydrogen (secondary N) is 3. The van der Waals surface area contributed by atoms with Gasteiger partial charge in [0.05, 0.1) is 22.8 Å². The van der Waals surface area contributed by atoms with Crippen molar-refractivity contribution in [3.63, 3.8) is 0 Å². The SMILES string of the molecule is O=C(O)[C@H](Cc1ccccc1)NCCOc1ccccc1-c1c2nc(c(-c3ccccc3)c3ccc([nH]3)c(-c3ccccc3)c3ccc([nH]3)c(-c3ccccc3)c3nc1C=C3)C=C2. The summed E-state index contributed by atoms with van der Waals surface area (Å²) in [5.41, 5.74) is 15.6. The molecule has 8 bridgehead atoms. The number of nitrogens with zero attached hydrogens (tertiary/aromatic N) is 2. The van der Waals surface area contributed by atoms with Gasteiger partial charge in [0.15, 0.2) is 0 Å². The Balaban J connectivity index is 1.18. The summed E-state index contributed by atoms with van der Waals surface area (Å²) in [6.07, 6.45) is 8.64. The van der Waals surface area contributed by atoms with E-state index >= 15 is 0 Å². The molecule has 0 aliphatic carbocycles. The Morgan fingerprint density at radius 3 is 1.41 bits per heavy atom. The van der Waals surface area contributed by atoms with E-state index in [-0.39, 0.29) is 6.61 Å². The number of aromatic amines is 2. The Hall–Kier alpha value is -8.07. The average molecular weight is 822 g/mol.